The average molecular weight is 264 g/mol. The van der Waals surface area contributed by atoms with Gasteiger partial charge in [0.1, 0.15) is 5.75 Å². The van der Waals surface area contributed by atoms with Crippen LogP contribution in [0.2, 0.25) is 0 Å². The van der Waals surface area contributed by atoms with E-state index in [9.17, 15) is 4.79 Å². The Morgan fingerprint density at radius 3 is 2.47 bits per heavy atom. The number of hydrogen-bond acceptors (Lipinski definition) is 3. The number of nitrogens with two attached hydrogens (primary N) is 1. The van der Waals surface area contributed by atoms with Crippen LogP contribution in [0.4, 0.5) is 0 Å². The van der Waals surface area contributed by atoms with Gasteiger partial charge in [-0.2, -0.15) is 0 Å². The second-order valence-electron chi connectivity index (χ2n) is 5.62. The Bertz CT molecular complexity index is 467. The van der Waals surface area contributed by atoms with Gasteiger partial charge in [-0.25, -0.2) is 0 Å². The van der Waals surface area contributed by atoms with Crippen molar-refractivity contribution in [2.24, 2.45) is 11.1 Å². The highest BCUT2D eigenvalue weighted by Gasteiger charge is 2.18. The highest BCUT2D eigenvalue weighted by atomic mass is 16.5. The van der Waals surface area contributed by atoms with Gasteiger partial charge < -0.3 is 15.8 Å². The highest BCUT2D eigenvalue weighted by Crippen LogP contribution is 2.24. The van der Waals surface area contributed by atoms with Gasteiger partial charge in [0.25, 0.3) is 5.91 Å². The molecule has 0 heterocycles. The second kappa shape index (κ2) is 6.06. The van der Waals surface area contributed by atoms with Crippen LogP contribution >= 0.6 is 0 Å². The Balaban J connectivity index is 2.87. The molecule has 4 nitrogen and oxygen atoms in total. The quantitative estimate of drug-likeness (QED) is 0.855. The lowest BCUT2D eigenvalue weighted by Gasteiger charge is -2.23. The summed E-state index contributed by atoms with van der Waals surface area (Å²) < 4.78 is 5.24. The van der Waals surface area contributed by atoms with Crippen LogP contribution < -0.4 is 15.8 Å². The van der Waals surface area contributed by atoms with Crippen molar-refractivity contribution in [1.29, 1.82) is 0 Å². The third kappa shape index (κ3) is 3.70. The zero-order chi connectivity index (χ0) is 14.6. The van der Waals surface area contributed by atoms with Gasteiger partial charge in [0.15, 0.2) is 0 Å². The number of benzene rings is 1. The molecule has 0 unspecified atom stereocenters. The summed E-state index contributed by atoms with van der Waals surface area (Å²) in [6.45, 7) is 9.04. The van der Waals surface area contributed by atoms with E-state index in [4.69, 9.17) is 10.5 Å². The molecule has 1 rings (SSSR count). The summed E-state index contributed by atoms with van der Waals surface area (Å²) in [7, 11) is 1.63. The number of methoxy groups -OCH3 is 1. The van der Waals surface area contributed by atoms with Crippen molar-refractivity contribution >= 4 is 5.91 Å². The van der Waals surface area contributed by atoms with Crippen LogP contribution in [-0.2, 0) is 0 Å². The molecule has 0 spiro atoms. The third-order valence-corrected chi connectivity index (χ3v) is 3.48. The molecule has 19 heavy (non-hydrogen) atoms. The van der Waals surface area contributed by atoms with E-state index in [0.717, 1.165) is 16.9 Å². The third-order valence-electron chi connectivity index (χ3n) is 3.48. The van der Waals surface area contributed by atoms with E-state index >= 15 is 0 Å². The maximum absolute atomic E-state index is 12.2. The van der Waals surface area contributed by atoms with Gasteiger partial charge in [-0.3, -0.25) is 4.79 Å². The van der Waals surface area contributed by atoms with E-state index in [1.165, 1.54) is 0 Å². The van der Waals surface area contributed by atoms with Gasteiger partial charge in [-0.15, -0.1) is 0 Å². The summed E-state index contributed by atoms with van der Waals surface area (Å²) in [6, 6.07) is 3.62. The molecule has 0 fully saturated rings. The Morgan fingerprint density at radius 1 is 1.32 bits per heavy atom. The first-order valence-corrected chi connectivity index (χ1v) is 6.45. The zero-order valence-electron chi connectivity index (χ0n) is 12.5. The first-order valence-electron chi connectivity index (χ1n) is 6.45. The number of amides is 1. The topological polar surface area (TPSA) is 64.3 Å². The van der Waals surface area contributed by atoms with Crippen LogP contribution in [0.5, 0.6) is 5.75 Å². The fourth-order valence-electron chi connectivity index (χ4n) is 1.75. The minimum Gasteiger partial charge on any atom is -0.496 e. The molecule has 0 radical (unpaired) electrons. The highest BCUT2D eigenvalue weighted by molar-refractivity contribution is 5.96. The van der Waals surface area contributed by atoms with Gasteiger partial charge in [0, 0.05) is 12.1 Å². The molecule has 0 aliphatic heterocycles. The SMILES string of the molecule is COc1ccc(C(=O)NCC(C)(C)CN)c(C)c1C. The van der Waals surface area contributed by atoms with Crippen molar-refractivity contribution in [2.75, 3.05) is 20.2 Å². The first kappa shape index (κ1) is 15.5. The smallest absolute Gasteiger partial charge is 0.251 e. The molecule has 1 aromatic rings. The van der Waals surface area contributed by atoms with Gasteiger partial charge in [-0.1, -0.05) is 13.8 Å². The van der Waals surface area contributed by atoms with Crippen molar-refractivity contribution in [2.45, 2.75) is 27.7 Å². The maximum Gasteiger partial charge on any atom is 0.251 e. The Morgan fingerprint density at radius 2 is 1.95 bits per heavy atom. The number of ether oxygens (including phenoxy) is 1. The lowest BCUT2D eigenvalue weighted by atomic mass is 9.93. The molecule has 0 aliphatic rings. The molecule has 4 heteroatoms. The van der Waals surface area contributed by atoms with Gasteiger partial charge in [-0.05, 0) is 49.1 Å². The zero-order valence-corrected chi connectivity index (χ0v) is 12.5. The van der Waals surface area contributed by atoms with E-state index in [2.05, 4.69) is 5.32 Å². The molecule has 3 N–H and O–H groups in total. The Hall–Kier alpha value is -1.55. The van der Waals surface area contributed by atoms with E-state index in [1.54, 1.807) is 13.2 Å². The molecule has 0 aliphatic carbocycles. The number of carbonyl (C=O) groups excluding carboxylic acids is 1. The van der Waals surface area contributed by atoms with Crippen molar-refractivity contribution in [1.82, 2.24) is 5.32 Å². The maximum atomic E-state index is 12.2. The van der Waals surface area contributed by atoms with Gasteiger partial charge in [0.2, 0.25) is 0 Å². The predicted molar refractivity (Wildman–Crippen MR) is 77.6 cm³/mol. The van der Waals surface area contributed by atoms with Gasteiger partial charge in [0.05, 0.1) is 7.11 Å². The number of hydrogen-bond donors (Lipinski definition) is 2. The summed E-state index contributed by atoms with van der Waals surface area (Å²) in [5.74, 6) is 0.737. The second-order valence-corrected chi connectivity index (χ2v) is 5.62. The van der Waals surface area contributed by atoms with Crippen molar-refractivity contribution < 1.29 is 9.53 Å². The summed E-state index contributed by atoms with van der Waals surface area (Å²) >= 11 is 0. The van der Waals surface area contributed by atoms with Crippen molar-refractivity contribution in [3.05, 3.63) is 28.8 Å². The molecule has 0 saturated heterocycles. The van der Waals surface area contributed by atoms with Crippen LogP contribution in [0.25, 0.3) is 0 Å². The Labute approximate surface area is 115 Å². The minimum atomic E-state index is -0.0922. The van der Waals surface area contributed by atoms with Crippen LogP contribution in [0.3, 0.4) is 0 Å². The molecular weight excluding hydrogens is 240 g/mol. The largest absolute Gasteiger partial charge is 0.496 e. The fraction of sp³-hybridized carbons (Fsp3) is 0.533. The summed E-state index contributed by atoms with van der Waals surface area (Å²) in [4.78, 5) is 12.2. The fourth-order valence-corrected chi connectivity index (χ4v) is 1.75. The number of rotatable bonds is 5. The van der Waals surface area contributed by atoms with Crippen molar-refractivity contribution in [3.8, 4) is 5.75 Å². The standard InChI is InChI=1S/C15H24N2O2/c1-10-11(2)13(19-5)7-6-12(10)14(18)17-9-15(3,4)8-16/h6-7H,8-9,16H2,1-5H3,(H,17,18). The lowest BCUT2D eigenvalue weighted by molar-refractivity contribution is 0.0937. The van der Waals surface area contributed by atoms with E-state index in [-0.39, 0.29) is 11.3 Å². The molecule has 1 aromatic carbocycles. The van der Waals surface area contributed by atoms with E-state index < -0.39 is 0 Å². The minimum absolute atomic E-state index is 0.0650. The molecule has 0 aromatic heterocycles. The van der Waals surface area contributed by atoms with Crippen LogP contribution in [0, 0.1) is 19.3 Å². The monoisotopic (exact) mass is 264 g/mol. The van der Waals surface area contributed by atoms with Gasteiger partial charge >= 0.3 is 0 Å². The predicted octanol–water partition coefficient (Wildman–Crippen LogP) is 2.03. The molecular formula is C15H24N2O2. The summed E-state index contributed by atoms with van der Waals surface area (Å²) in [5.41, 5.74) is 8.19. The first-order chi connectivity index (χ1) is 8.82. The van der Waals surface area contributed by atoms with E-state index in [0.29, 0.717) is 18.7 Å². The van der Waals surface area contributed by atoms with Crippen LogP contribution in [0.1, 0.15) is 35.3 Å². The summed E-state index contributed by atoms with van der Waals surface area (Å²) in [5, 5.41) is 2.94. The molecule has 0 saturated carbocycles. The van der Waals surface area contributed by atoms with E-state index in [1.807, 2.05) is 33.8 Å². The lowest BCUT2D eigenvalue weighted by Crippen LogP contribution is -2.38. The normalized spacial score (nSPS) is 11.3. The molecule has 0 atom stereocenters. The van der Waals surface area contributed by atoms with Crippen LogP contribution in [-0.4, -0.2) is 26.1 Å². The number of nitrogens with one attached hydrogen (secondary N) is 1. The summed E-state index contributed by atoms with van der Waals surface area (Å²) in [6.07, 6.45) is 0. The Kier molecular flexibility index (Phi) is 4.95. The van der Waals surface area contributed by atoms with Crippen LogP contribution in [0.15, 0.2) is 12.1 Å². The average Bonchev–Trinajstić information content (AvgIpc) is 2.39. The molecule has 1 amide bonds. The van der Waals surface area contributed by atoms with Crippen molar-refractivity contribution in [3.63, 3.8) is 0 Å². The molecule has 106 valence electrons. The number of carbonyl (C=O) groups is 1. The molecule has 0 bridgehead atoms.